The van der Waals surface area contributed by atoms with Gasteiger partial charge in [0.25, 0.3) is 0 Å². The highest BCUT2D eigenvalue weighted by Crippen LogP contribution is 2.21. The largest absolute Gasteiger partial charge is 0.325 e. The minimum Gasteiger partial charge on any atom is -0.325 e. The Hall–Kier alpha value is -1.31. The van der Waals surface area contributed by atoms with E-state index in [2.05, 4.69) is 15.4 Å². The molecule has 0 spiro atoms. The standard InChI is InChI=1S/C15H23N3O3S.ClH/c1-3-22(20,21)18-13-8-7-12(10-11(13)2)17-15(19)14-6-4-5-9-16-14;/h7-8,10,14,16,18H,3-6,9H2,1-2H3,(H,17,19);1H. The number of carbonyl (C=O) groups is 1. The maximum absolute atomic E-state index is 12.2. The Kier molecular flexibility index (Phi) is 7.31. The molecule has 0 saturated carbocycles. The van der Waals surface area contributed by atoms with E-state index >= 15 is 0 Å². The van der Waals surface area contributed by atoms with Gasteiger partial charge in [0.05, 0.1) is 17.5 Å². The normalized spacial score (nSPS) is 17.9. The lowest BCUT2D eigenvalue weighted by Crippen LogP contribution is -2.43. The van der Waals surface area contributed by atoms with Gasteiger partial charge < -0.3 is 10.6 Å². The molecular weight excluding hydrogens is 338 g/mol. The first-order valence-corrected chi connectivity index (χ1v) is 9.22. The number of hydrogen-bond acceptors (Lipinski definition) is 4. The second-order valence-electron chi connectivity index (χ2n) is 5.53. The summed E-state index contributed by atoms with van der Waals surface area (Å²) in [6, 6.07) is 5.01. The average Bonchev–Trinajstić information content (AvgIpc) is 2.51. The van der Waals surface area contributed by atoms with Gasteiger partial charge in [0.15, 0.2) is 0 Å². The van der Waals surface area contributed by atoms with E-state index in [9.17, 15) is 13.2 Å². The molecular formula is C15H24ClN3O3S. The van der Waals surface area contributed by atoms with Crippen LogP contribution in [-0.2, 0) is 14.8 Å². The first-order valence-electron chi connectivity index (χ1n) is 7.56. The number of nitrogens with one attached hydrogen (secondary N) is 3. The molecule has 0 aromatic heterocycles. The third kappa shape index (κ3) is 5.67. The van der Waals surface area contributed by atoms with Gasteiger partial charge in [-0.2, -0.15) is 0 Å². The second kappa shape index (κ2) is 8.52. The van der Waals surface area contributed by atoms with Crippen molar-refractivity contribution in [3.05, 3.63) is 23.8 Å². The smallest absolute Gasteiger partial charge is 0.241 e. The molecule has 0 bridgehead atoms. The summed E-state index contributed by atoms with van der Waals surface area (Å²) in [7, 11) is -3.30. The van der Waals surface area contributed by atoms with Crippen LogP contribution in [0, 0.1) is 6.92 Å². The summed E-state index contributed by atoms with van der Waals surface area (Å²) in [6.45, 7) is 4.26. The molecule has 1 heterocycles. The van der Waals surface area contributed by atoms with Crippen molar-refractivity contribution in [2.45, 2.75) is 39.2 Å². The van der Waals surface area contributed by atoms with Crippen molar-refractivity contribution in [2.75, 3.05) is 22.3 Å². The first-order chi connectivity index (χ1) is 10.4. The van der Waals surface area contributed by atoms with Crippen LogP contribution >= 0.6 is 12.4 Å². The van der Waals surface area contributed by atoms with Gasteiger partial charge in [-0.15, -0.1) is 12.4 Å². The number of piperidine rings is 1. The van der Waals surface area contributed by atoms with E-state index in [0.29, 0.717) is 11.4 Å². The van der Waals surface area contributed by atoms with Crippen LogP contribution in [0.4, 0.5) is 11.4 Å². The number of amides is 1. The molecule has 1 saturated heterocycles. The quantitative estimate of drug-likeness (QED) is 0.750. The van der Waals surface area contributed by atoms with Crippen LogP contribution in [0.5, 0.6) is 0 Å². The first kappa shape index (κ1) is 19.7. The van der Waals surface area contributed by atoms with Gasteiger partial charge in [0.2, 0.25) is 15.9 Å². The predicted molar refractivity (Wildman–Crippen MR) is 95.8 cm³/mol. The Labute approximate surface area is 143 Å². The van der Waals surface area contributed by atoms with Gasteiger partial charge in [-0.25, -0.2) is 8.42 Å². The molecule has 6 nitrogen and oxygen atoms in total. The summed E-state index contributed by atoms with van der Waals surface area (Å²) in [4.78, 5) is 12.2. The fraction of sp³-hybridized carbons (Fsp3) is 0.533. The topological polar surface area (TPSA) is 87.3 Å². The fourth-order valence-electron chi connectivity index (χ4n) is 2.40. The van der Waals surface area contributed by atoms with Crippen molar-refractivity contribution < 1.29 is 13.2 Å². The molecule has 1 unspecified atom stereocenters. The molecule has 0 radical (unpaired) electrons. The zero-order valence-corrected chi connectivity index (χ0v) is 15.0. The molecule has 1 fully saturated rings. The Balaban J connectivity index is 0.00000264. The number of aryl methyl sites for hydroxylation is 1. The molecule has 8 heteroatoms. The Morgan fingerprint density at radius 1 is 1.35 bits per heavy atom. The SMILES string of the molecule is CCS(=O)(=O)Nc1ccc(NC(=O)C2CCCCN2)cc1C.Cl. The third-order valence-electron chi connectivity index (χ3n) is 3.77. The minimum absolute atomic E-state index is 0. The van der Waals surface area contributed by atoms with Crippen LogP contribution in [0.25, 0.3) is 0 Å². The Bertz CT molecular complexity index is 643. The van der Waals surface area contributed by atoms with E-state index < -0.39 is 10.0 Å². The van der Waals surface area contributed by atoms with Crippen molar-refractivity contribution in [1.29, 1.82) is 0 Å². The zero-order valence-electron chi connectivity index (χ0n) is 13.4. The molecule has 2 rings (SSSR count). The molecule has 23 heavy (non-hydrogen) atoms. The van der Waals surface area contributed by atoms with E-state index in [1.54, 1.807) is 25.1 Å². The molecule has 1 aromatic carbocycles. The number of sulfonamides is 1. The zero-order chi connectivity index (χ0) is 16.2. The van der Waals surface area contributed by atoms with E-state index in [1.165, 1.54) is 0 Å². The van der Waals surface area contributed by atoms with Crippen LogP contribution in [0.1, 0.15) is 31.7 Å². The summed E-state index contributed by atoms with van der Waals surface area (Å²) in [5.74, 6) is -0.0147. The summed E-state index contributed by atoms with van der Waals surface area (Å²) in [5, 5.41) is 6.08. The molecule has 1 atom stereocenters. The number of halogens is 1. The number of anilines is 2. The highest BCUT2D eigenvalue weighted by Gasteiger charge is 2.20. The van der Waals surface area contributed by atoms with E-state index in [4.69, 9.17) is 0 Å². The van der Waals surface area contributed by atoms with Crippen LogP contribution in [0.3, 0.4) is 0 Å². The van der Waals surface area contributed by atoms with E-state index in [-0.39, 0.29) is 30.1 Å². The summed E-state index contributed by atoms with van der Waals surface area (Å²) < 4.78 is 25.7. The van der Waals surface area contributed by atoms with Crippen molar-refractivity contribution in [2.24, 2.45) is 0 Å². The molecule has 1 amide bonds. The van der Waals surface area contributed by atoms with Gasteiger partial charge in [-0.05, 0) is 57.0 Å². The maximum Gasteiger partial charge on any atom is 0.241 e. The van der Waals surface area contributed by atoms with E-state index in [0.717, 1.165) is 31.4 Å². The van der Waals surface area contributed by atoms with Crippen molar-refractivity contribution in [3.8, 4) is 0 Å². The van der Waals surface area contributed by atoms with Gasteiger partial charge in [-0.3, -0.25) is 9.52 Å². The lowest BCUT2D eigenvalue weighted by Gasteiger charge is -2.22. The number of benzene rings is 1. The van der Waals surface area contributed by atoms with Crippen molar-refractivity contribution in [1.82, 2.24) is 5.32 Å². The van der Waals surface area contributed by atoms with Gasteiger partial charge in [-0.1, -0.05) is 6.42 Å². The minimum atomic E-state index is -3.30. The molecule has 1 aliphatic heterocycles. The molecule has 130 valence electrons. The highest BCUT2D eigenvalue weighted by atomic mass is 35.5. The van der Waals surface area contributed by atoms with Crippen LogP contribution in [0.15, 0.2) is 18.2 Å². The maximum atomic E-state index is 12.2. The van der Waals surface area contributed by atoms with Crippen molar-refractivity contribution in [3.63, 3.8) is 0 Å². The van der Waals surface area contributed by atoms with Crippen LogP contribution < -0.4 is 15.4 Å². The third-order valence-corrected chi connectivity index (χ3v) is 5.06. The molecule has 3 N–H and O–H groups in total. The van der Waals surface area contributed by atoms with Crippen LogP contribution in [0.2, 0.25) is 0 Å². The van der Waals surface area contributed by atoms with Gasteiger partial charge >= 0.3 is 0 Å². The number of rotatable bonds is 5. The summed E-state index contributed by atoms with van der Waals surface area (Å²) in [6.07, 6.45) is 3.01. The van der Waals surface area contributed by atoms with Gasteiger partial charge in [0, 0.05) is 5.69 Å². The number of carbonyl (C=O) groups excluding carboxylic acids is 1. The Morgan fingerprint density at radius 2 is 2.09 bits per heavy atom. The monoisotopic (exact) mass is 361 g/mol. The lowest BCUT2D eigenvalue weighted by molar-refractivity contribution is -0.118. The fourth-order valence-corrected chi connectivity index (χ4v) is 3.11. The highest BCUT2D eigenvalue weighted by molar-refractivity contribution is 7.92. The molecule has 1 aliphatic rings. The predicted octanol–water partition coefficient (Wildman–Crippen LogP) is 2.26. The lowest BCUT2D eigenvalue weighted by atomic mass is 10.0. The molecule has 1 aromatic rings. The number of hydrogen-bond donors (Lipinski definition) is 3. The van der Waals surface area contributed by atoms with E-state index in [1.807, 2.05) is 6.92 Å². The molecule has 0 aliphatic carbocycles. The van der Waals surface area contributed by atoms with Crippen molar-refractivity contribution >= 4 is 39.7 Å². The summed E-state index contributed by atoms with van der Waals surface area (Å²) in [5.41, 5.74) is 1.98. The summed E-state index contributed by atoms with van der Waals surface area (Å²) >= 11 is 0. The van der Waals surface area contributed by atoms with Crippen LogP contribution in [-0.4, -0.2) is 32.7 Å². The van der Waals surface area contributed by atoms with Gasteiger partial charge in [0.1, 0.15) is 0 Å². The Morgan fingerprint density at radius 3 is 2.65 bits per heavy atom. The second-order valence-corrected chi connectivity index (χ2v) is 7.54. The average molecular weight is 362 g/mol.